The summed E-state index contributed by atoms with van der Waals surface area (Å²) in [5, 5.41) is 12.8. The highest BCUT2D eigenvalue weighted by Gasteiger charge is 2.28. The maximum absolute atomic E-state index is 13.5. The van der Waals surface area contributed by atoms with Crippen LogP contribution in [-0.4, -0.2) is 31.3 Å². The van der Waals surface area contributed by atoms with Crippen LogP contribution >= 0.6 is 0 Å². The zero-order chi connectivity index (χ0) is 15.4. The second kappa shape index (κ2) is 7.23. The van der Waals surface area contributed by atoms with Crippen molar-refractivity contribution in [2.45, 2.75) is 39.3 Å². The molecule has 1 aliphatic carbocycles. The van der Waals surface area contributed by atoms with E-state index in [1.54, 1.807) is 6.07 Å². The van der Waals surface area contributed by atoms with E-state index >= 15 is 0 Å². The highest BCUT2D eigenvalue weighted by molar-refractivity contribution is 5.53. The first-order chi connectivity index (χ1) is 9.95. The van der Waals surface area contributed by atoms with Gasteiger partial charge in [0.25, 0.3) is 0 Å². The maximum Gasteiger partial charge on any atom is 0.123 e. The molecule has 1 aliphatic rings. The summed E-state index contributed by atoms with van der Waals surface area (Å²) in [6, 6.07) is 5.00. The minimum Gasteiger partial charge on any atom is -0.393 e. The highest BCUT2D eigenvalue weighted by atomic mass is 19.1. The fourth-order valence-corrected chi connectivity index (χ4v) is 2.90. The Balaban J connectivity index is 1.99. The van der Waals surface area contributed by atoms with E-state index in [1.165, 1.54) is 6.07 Å². The molecule has 1 saturated carbocycles. The zero-order valence-corrected chi connectivity index (χ0v) is 13.3. The van der Waals surface area contributed by atoms with E-state index in [0.717, 1.165) is 37.2 Å². The molecule has 3 nitrogen and oxygen atoms in total. The highest BCUT2D eigenvalue weighted by Crippen LogP contribution is 2.30. The smallest absolute Gasteiger partial charge is 0.123 e. The van der Waals surface area contributed by atoms with Gasteiger partial charge in [-0.05, 0) is 55.0 Å². The van der Waals surface area contributed by atoms with Gasteiger partial charge in [0.2, 0.25) is 0 Å². The Hall–Kier alpha value is -1.13. The number of halogens is 1. The van der Waals surface area contributed by atoms with Crippen LogP contribution in [0.25, 0.3) is 0 Å². The molecule has 0 heterocycles. The summed E-state index contributed by atoms with van der Waals surface area (Å²) < 4.78 is 13.5. The Bertz CT molecular complexity index is 458. The van der Waals surface area contributed by atoms with Crippen molar-refractivity contribution in [2.75, 3.05) is 25.0 Å². The van der Waals surface area contributed by atoms with E-state index in [0.29, 0.717) is 18.4 Å². The summed E-state index contributed by atoms with van der Waals surface area (Å²) in [6.45, 7) is 6.85. The molecule has 0 saturated heterocycles. The van der Waals surface area contributed by atoms with Crippen molar-refractivity contribution in [1.29, 1.82) is 0 Å². The summed E-state index contributed by atoms with van der Waals surface area (Å²) in [5.74, 6) is 0.940. The first-order valence-electron chi connectivity index (χ1n) is 7.84. The lowest BCUT2D eigenvalue weighted by Gasteiger charge is -2.35. The van der Waals surface area contributed by atoms with Crippen LogP contribution in [0.5, 0.6) is 0 Å². The molecule has 0 bridgehead atoms. The SMILES string of the molecule is CC(C)CNCc1cc(F)ccc1N(C)CC1CC(O)C1. The number of rotatable bonds is 7. The van der Waals surface area contributed by atoms with Crippen LogP contribution in [0.1, 0.15) is 32.3 Å². The third kappa shape index (κ3) is 4.68. The minimum atomic E-state index is -0.187. The second-order valence-electron chi connectivity index (χ2n) is 6.67. The number of nitrogens with one attached hydrogen (secondary N) is 1. The van der Waals surface area contributed by atoms with Gasteiger partial charge in [-0.25, -0.2) is 4.39 Å². The van der Waals surface area contributed by atoms with E-state index in [4.69, 9.17) is 0 Å². The standard InChI is InChI=1S/C17H27FN2O/c1-12(2)9-19-10-14-8-15(18)4-5-17(14)20(3)11-13-6-16(21)7-13/h4-5,8,12-13,16,19,21H,6-7,9-11H2,1-3H3. The van der Waals surface area contributed by atoms with E-state index in [9.17, 15) is 9.50 Å². The Labute approximate surface area is 127 Å². The number of hydrogen-bond donors (Lipinski definition) is 2. The third-order valence-corrected chi connectivity index (χ3v) is 4.06. The summed E-state index contributed by atoms with van der Waals surface area (Å²) >= 11 is 0. The fourth-order valence-electron chi connectivity index (χ4n) is 2.90. The van der Waals surface area contributed by atoms with Crippen LogP contribution in [0.4, 0.5) is 10.1 Å². The van der Waals surface area contributed by atoms with Crippen molar-refractivity contribution in [3.05, 3.63) is 29.6 Å². The molecule has 1 aromatic carbocycles. The van der Waals surface area contributed by atoms with Gasteiger partial charge in [0.1, 0.15) is 5.82 Å². The Morgan fingerprint density at radius 3 is 2.71 bits per heavy atom. The van der Waals surface area contributed by atoms with Crippen molar-refractivity contribution < 1.29 is 9.50 Å². The number of anilines is 1. The van der Waals surface area contributed by atoms with Gasteiger partial charge in [-0.2, -0.15) is 0 Å². The summed E-state index contributed by atoms with van der Waals surface area (Å²) in [4.78, 5) is 2.18. The number of hydrogen-bond acceptors (Lipinski definition) is 3. The lowest BCUT2D eigenvalue weighted by molar-refractivity contribution is 0.0464. The van der Waals surface area contributed by atoms with Crippen LogP contribution < -0.4 is 10.2 Å². The molecular formula is C17H27FN2O. The number of nitrogens with zero attached hydrogens (tertiary/aromatic N) is 1. The van der Waals surface area contributed by atoms with Crippen molar-refractivity contribution in [1.82, 2.24) is 5.32 Å². The van der Waals surface area contributed by atoms with Crippen LogP contribution in [0.2, 0.25) is 0 Å². The fraction of sp³-hybridized carbons (Fsp3) is 0.647. The molecule has 118 valence electrons. The lowest BCUT2D eigenvalue weighted by Crippen LogP contribution is -2.37. The van der Waals surface area contributed by atoms with E-state index < -0.39 is 0 Å². The molecule has 2 rings (SSSR count). The first kappa shape index (κ1) is 16.2. The molecule has 0 spiro atoms. The molecule has 21 heavy (non-hydrogen) atoms. The molecular weight excluding hydrogens is 267 g/mol. The molecule has 0 aromatic heterocycles. The molecule has 1 aromatic rings. The lowest BCUT2D eigenvalue weighted by atomic mass is 9.82. The quantitative estimate of drug-likeness (QED) is 0.812. The summed E-state index contributed by atoms with van der Waals surface area (Å²) in [6.07, 6.45) is 1.64. The first-order valence-corrected chi connectivity index (χ1v) is 7.84. The van der Waals surface area contributed by atoms with Crippen LogP contribution in [-0.2, 0) is 6.54 Å². The van der Waals surface area contributed by atoms with E-state index in [-0.39, 0.29) is 11.9 Å². The Morgan fingerprint density at radius 2 is 2.10 bits per heavy atom. The Kier molecular flexibility index (Phi) is 5.59. The minimum absolute atomic E-state index is 0.121. The van der Waals surface area contributed by atoms with Gasteiger partial charge >= 0.3 is 0 Å². The predicted molar refractivity (Wildman–Crippen MR) is 84.9 cm³/mol. The molecule has 0 aliphatic heterocycles. The average Bonchev–Trinajstić information content (AvgIpc) is 2.36. The van der Waals surface area contributed by atoms with Crippen molar-refractivity contribution in [3.63, 3.8) is 0 Å². The molecule has 0 radical (unpaired) electrons. The largest absolute Gasteiger partial charge is 0.393 e. The summed E-state index contributed by atoms with van der Waals surface area (Å²) in [7, 11) is 2.05. The van der Waals surface area contributed by atoms with Gasteiger partial charge in [0, 0.05) is 25.8 Å². The van der Waals surface area contributed by atoms with Gasteiger partial charge in [0.15, 0.2) is 0 Å². The number of aliphatic hydroxyl groups excluding tert-OH is 1. The topological polar surface area (TPSA) is 35.5 Å². The molecule has 1 fully saturated rings. The van der Waals surface area contributed by atoms with Crippen molar-refractivity contribution in [2.24, 2.45) is 11.8 Å². The molecule has 0 unspecified atom stereocenters. The average molecular weight is 294 g/mol. The number of benzene rings is 1. The van der Waals surface area contributed by atoms with Gasteiger partial charge in [-0.3, -0.25) is 0 Å². The normalized spacial score (nSPS) is 21.4. The van der Waals surface area contributed by atoms with E-state index in [1.807, 2.05) is 13.1 Å². The van der Waals surface area contributed by atoms with E-state index in [2.05, 4.69) is 24.1 Å². The second-order valence-corrected chi connectivity index (χ2v) is 6.67. The number of aliphatic hydroxyl groups is 1. The molecule has 2 N–H and O–H groups in total. The molecule has 4 heteroatoms. The Morgan fingerprint density at radius 1 is 1.38 bits per heavy atom. The van der Waals surface area contributed by atoms with Crippen LogP contribution in [0, 0.1) is 17.7 Å². The van der Waals surface area contributed by atoms with Crippen LogP contribution in [0.15, 0.2) is 18.2 Å². The van der Waals surface area contributed by atoms with Crippen molar-refractivity contribution in [3.8, 4) is 0 Å². The van der Waals surface area contributed by atoms with Crippen LogP contribution in [0.3, 0.4) is 0 Å². The third-order valence-electron chi connectivity index (χ3n) is 4.06. The maximum atomic E-state index is 13.5. The van der Waals surface area contributed by atoms with Gasteiger partial charge in [0.05, 0.1) is 6.10 Å². The van der Waals surface area contributed by atoms with Crippen molar-refractivity contribution >= 4 is 5.69 Å². The van der Waals surface area contributed by atoms with Gasteiger partial charge < -0.3 is 15.3 Å². The van der Waals surface area contributed by atoms with Gasteiger partial charge in [-0.15, -0.1) is 0 Å². The predicted octanol–water partition coefficient (Wildman–Crippen LogP) is 2.78. The monoisotopic (exact) mass is 294 g/mol. The molecule has 0 atom stereocenters. The zero-order valence-electron chi connectivity index (χ0n) is 13.3. The summed E-state index contributed by atoms with van der Waals surface area (Å²) in [5.41, 5.74) is 2.08. The molecule has 0 amide bonds. The van der Waals surface area contributed by atoms with Gasteiger partial charge in [-0.1, -0.05) is 13.8 Å².